The molecule has 0 unspecified atom stereocenters. The van der Waals surface area contributed by atoms with Crippen LogP contribution >= 0.6 is 0 Å². The quantitative estimate of drug-likeness (QED) is 0.640. The topological polar surface area (TPSA) is 13.1 Å². The number of furan rings is 1. The van der Waals surface area contributed by atoms with Gasteiger partial charge < -0.3 is 4.42 Å². The minimum atomic E-state index is 0.962. The summed E-state index contributed by atoms with van der Waals surface area (Å²) in [6, 6.07) is 8.10. The molecule has 0 radical (unpaired) electrons. The molecule has 0 saturated heterocycles. The van der Waals surface area contributed by atoms with Crippen LogP contribution in [0, 0.1) is 0 Å². The Morgan fingerprint density at radius 3 is 2.27 bits per heavy atom. The molecule has 0 aliphatic heterocycles. The van der Waals surface area contributed by atoms with Crippen LogP contribution in [0.2, 0.25) is 0 Å². The average Bonchev–Trinajstić information content (AvgIpc) is 2.69. The predicted octanol–water partition coefficient (Wildman–Crippen LogP) is 3.06. The number of para-hydroxylation sites is 1. The van der Waals surface area contributed by atoms with Crippen LogP contribution in [0.25, 0.3) is 23.1 Å². The molecule has 2 rings (SSSR count). The molecular weight excluding hydrogens is 184 g/mol. The fraction of sp³-hybridized carbons (Fsp3) is 0.286. The zero-order valence-corrected chi connectivity index (χ0v) is 9.87. The molecule has 1 aromatic heterocycles. The zero-order chi connectivity index (χ0) is 11.3. The number of fused-ring (bicyclic) bond motifs is 1. The molecule has 0 saturated carbocycles. The Morgan fingerprint density at radius 1 is 1.00 bits per heavy atom. The summed E-state index contributed by atoms with van der Waals surface area (Å²) >= 11 is 0. The van der Waals surface area contributed by atoms with Crippen LogP contribution in [-0.2, 0) is 0 Å². The van der Waals surface area contributed by atoms with Crippen molar-refractivity contribution >= 4 is 23.1 Å². The van der Waals surface area contributed by atoms with E-state index in [9.17, 15) is 0 Å². The molecule has 0 bridgehead atoms. The molecular formula is C14H18O. The minimum Gasteiger partial charge on any atom is -0.456 e. The fourth-order valence-corrected chi connectivity index (χ4v) is 1.60. The van der Waals surface area contributed by atoms with Crippen molar-refractivity contribution < 1.29 is 4.42 Å². The Balaban J connectivity index is 0.000000531. The fourth-order valence-electron chi connectivity index (χ4n) is 1.60. The number of benzene rings is 1. The summed E-state index contributed by atoms with van der Waals surface area (Å²) in [5.41, 5.74) is 1.92. The van der Waals surface area contributed by atoms with Gasteiger partial charge in [0.05, 0.1) is 0 Å². The molecule has 80 valence electrons. The van der Waals surface area contributed by atoms with Crippen molar-refractivity contribution in [2.45, 2.75) is 27.7 Å². The lowest BCUT2D eigenvalue weighted by Crippen LogP contribution is -2.18. The van der Waals surface area contributed by atoms with Gasteiger partial charge in [-0.05, 0) is 26.0 Å². The summed E-state index contributed by atoms with van der Waals surface area (Å²) in [6.45, 7) is 8.02. The van der Waals surface area contributed by atoms with Gasteiger partial charge in [0.15, 0.2) is 0 Å². The van der Waals surface area contributed by atoms with E-state index in [1.165, 1.54) is 10.6 Å². The largest absolute Gasteiger partial charge is 0.456 e. The first-order valence-corrected chi connectivity index (χ1v) is 5.47. The van der Waals surface area contributed by atoms with E-state index in [-0.39, 0.29) is 0 Å². The van der Waals surface area contributed by atoms with Gasteiger partial charge in [-0.2, -0.15) is 0 Å². The van der Waals surface area contributed by atoms with E-state index in [0.29, 0.717) is 0 Å². The first-order chi connectivity index (χ1) is 7.36. The molecule has 1 heterocycles. The highest BCUT2D eigenvalue weighted by Crippen LogP contribution is 2.06. The highest BCUT2D eigenvalue weighted by molar-refractivity contribution is 5.78. The second-order valence-corrected chi connectivity index (χ2v) is 2.95. The molecule has 0 atom stereocenters. The van der Waals surface area contributed by atoms with Crippen LogP contribution in [0.15, 0.2) is 28.7 Å². The lowest BCUT2D eigenvalue weighted by Gasteiger charge is -1.82. The molecule has 0 amide bonds. The van der Waals surface area contributed by atoms with Crippen LogP contribution in [-0.4, -0.2) is 0 Å². The third-order valence-corrected chi connectivity index (χ3v) is 2.21. The van der Waals surface area contributed by atoms with E-state index in [1.807, 2.05) is 52.0 Å². The van der Waals surface area contributed by atoms with Gasteiger partial charge in [-0.1, -0.05) is 38.1 Å². The Labute approximate surface area is 90.7 Å². The molecule has 0 N–H and O–H groups in total. The number of hydrogen-bond acceptors (Lipinski definition) is 1. The maximum atomic E-state index is 5.65. The second-order valence-electron chi connectivity index (χ2n) is 2.95. The number of hydrogen-bond donors (Lipinski definition) is 0. The van der Waals surface area contributed by atoms with Gasteiger partial charge in [0.2, 0.25) is 0 Å². The normalized spacial score (nSPS) is 12.8. The summed E-state index contributed by atoms with van der Waals surface area (Å²) in [5.74, 6) is 0. The molecule has 2 aromatic rings. The van der Waals surface area contributed by atoms with Gasteiger partial charge in [-0.25, -0.2) is 0 Å². The molecule has 1 nitrogen and oxygen atoms in total. The van der Waals surface area contributed by atoms with Gasteiger partial charge in [-0.3, -0.25) is 0 Å². The van der Waals surface area contributed by atoms with Crippen molar-refractivity contribution in [1.82, 2.24) is 0 Å². The van der Waals surface area contributed by atoms with E-state index in [2.05, 4.69) is 12.1 Å². The maximum Gasteiger partial charge on any atom is 0.135 e. The Kier molecular flexibility index (Phi) is 4.17. The summed E-state index contributed by atoms with van der Waals surface area (Å²) in [6.07, 6.45) is 4.08. The second kappa shape index (κ2) is 5.40. The van der Waals surface area contributed by atoms with Gasteiger partial charge in [0, 0.05) is 10.6 Å². The van der Waals surface area contributed by atoms with Crippen molar-refractivity contribution in [3.05, 3.63) is 34.9 Å². The molecule has 1 aromatic carbocycles. The molecule has 15 heavy (non-hydrogen) atoms. The molecule has 0 aliphatic rings. The van der Waals surface area contributed by atoms with Gasteiger partial charge >= 0.3 is 0 Å². The molecule has 0 aliphatic carbocycles. The third-order valence-electron chi connectivity index (χ3n) is 2.21. The summed E-state index contributed by atoms with van der Waals surface area (Å²) in [5, 5.41) is 2.39. The smallest absolute Gasteiger partial charge is 0.135 e. The standard InChI is InChI=1S/C12H12O.C2H6/c1-3-9-10-7-5-6-8-12(10)13-11(9)4-2;1-2/h3-8H,1-2H3;1-2H3/b9-3-,11-4+;. The van der Waals surface area contributed by atoms with Crippen molar-refractivity contribution in [1.29, 1.82) is 0 Å². The van der Waals surface area contributed by atoms with Crippen LogP contribution in [0.1, 0.15) is 27.7 Å². The van der Waals surface area contributed by atoms with E-state index >= 15 is 0 Å². The molecule has 1 heteroatoms. The van der Waals surface area contributed by atoms with Gasteiger partial charge in [-0.15, -0.1) is 0 Å². The molecule has 0 fully saturated rings. The lowest BCUT2D eigenvalue weighted by atomic mass is 10.2. The van der Waals surface area contributed by atoms with Crippen LogP contribution in [0.4, 0.5) is 0 Å². The van der Waals surface area contributed by atoms with Crippen molar-refractivity contribution in [2.24, 2.45) is 0 Å². The highest BCUT2D eigenvalue weighted by Gasteiger charge is 1.98. The Morgan fingerprint density at radius 2 is 1.67 bits per heavy atom. The zero-order valence-electron chi connectivity index (χ0n) is 9.87. The predicted molar refractivity (Wildman–Crippen MR) is 67.1 cm³/mol. The number of rotatable bonds is 0. The van der Waals surface area contributed by atoms with Crippen molar-refractivity contribution in [2.75, 3.05) is 0 Å². The van der Waals surface area contributed by atoms with Crippen LogP contribution in [0.5, 0.6) is 0 Å². The Hall–Kier alpha value is -1.50. The van der Waals surface area contributed by atoms with E-state index in [0.717, 1.165) is 11.0 Å². The molecule has 0 spiro atoms. The van der Waals surface area contributed by atoms with Crippen molar-refractivity contribution in [3.63, 3.8) is 0 Å². The van der Waals surface area contributed by atoms with E-state index < -0.39 is 0 Å². The van der Waals surface area contributed by atoms with Crippen LogP contribution < -0.4 is 10.6 Å². The van der Waals surface area contributed by atoms with E-state index in [1.54, 1.807) is 0 Å². The first kappa shape index (κ1) is 11.6. The third kappa shape index (κ3) is 2.12. The van der Waals surface area contributed by atoms with Crippen LogP contribution in [0.3, 0.4) is 0 Å². The SMILES string of the molecule is C/C=c1\c(=C/C)oc2ccccc12.CC. The summed E-state index contributed by atoms with van der Waals surface area (Å²) in [7, 11) is 0. The van der Waals surface area contributed by atoms with Gasteiger partial charge in [0.1, 0.15) is 11.0 Å². The monoisotopic (exact) mass is 202 g/mol. The van der Waals surface area contributed by atoms with Crippen molar-refractivity contribution in [3.8, 4) is 0 Å². The van der Waals surface area contributed by atoms with Gasteiger partial charge in [0.25, 0.3) is 0 Å². The summed E-state index contributed by atoms with van der Waals surface area (Å²) < 4.78 is 5.65. The summed E-state index contributed by atoms with van der Waals surface area (Å²) in [4.78, 5) is 0. The average molecular weight is 202 g/mol. The highest BCUT2D eigenvalue weighted by atomic mass is 16.3. The van der Waals surface area contributed by atoms with E-state index in [4.69, 9.17) is 4.42 Å². The first-order valence-electron chi connectivity index (χ1n) is 5.47. The lowest BCUT2D eigenvalue weighted by molar-refractivity contribution is 0.575. The maximum absolute atomic E-state index is 5.65. The minimum absolute atomic E-state index is 0.962. The Bertz CT molecular complexity index is 532.